The van der Waals surface area contributed by atoms with Crippen molar-refractivity contribution in [2.75, 3.05) is 32.1 Å². The van der Waals surface area contributed by atoms with Crippen molar-refractivity contribution in [2.24, 2.45) is 5.41 Å². The average molecular weight is 503 g/mol. The normalized spacial score (nSPS) is 17.2. The van der Waals surface area contributed by atoms with Crippen LogP contribution in [0.2, 0.25) is 0 Å². The zero-order valence-electron chi connectivity index (χ0n) is 21.8. The van der Waals surface area contributed by atoms with Crippen molar-refractivity contribution in [2.45, 2.75) is 51.9 Å². The molecule has 1 amide bonds. The summed E-state index contributed by atoms with van der Waals surface area (Å²) in [7, 11) is 3.88. The lowest BCUT2D eigenvalue weighted by Gasteiger charge is -2.43. The molecule has 7 heteroatoms. The molecule has 1 aliphatic heterocycles. The van der Waals surface area contributed by atoms with Crippen molar-refractivity contribution in [1.82, 2.24) is 14.9 Å². The number of fused-ring (bicyclic) bond motifs is 1. The zero-order valence-corrected chi connectivity index (χ0v) is 22.6. The van der Waals surface area contributed by atoms with Crippen LogP contribution in [0.25, 0.3) is 11.3 Å². The summed E-state index contributed by atoms with van der Waals surface area (Å²) in [6.07, 6.45) is 3.10. The SMILES string of the molecule is CN(C)c1cc(C(=O)N2CCC3(CC2)CC(=O)c2nc(C(C)(C)C)sc2C3)cc(-c2ccccc2)n1. The van der Waals surface area contributed by atoms with Crippen LogP contribution < -0.4 is 4.90 Å². The molecule has 0 bridgehead atoms. The van der Waals surface area contributed by atoms with Gasteiger partial charge in [0.15, 0.2) is 5.78 Å². The molecule has 3 heterocycles. The van der Waals surface area contributed by atoms with Crippen LogP contribution >= 0.6 is 11.3 Å². The van der Waals surface area contributed by atoms with E-state index in [0.717, 1.165) is 46.2 Å². The number of piperidine rings is 1. The Morgan fingerprint density at radius 2 is 1.72 bits per heavy atom. The summed E-state index contributed by atoms with van der Waals surface area (Å²) in [5.41, 5.74) is 3.01. The summed E-state index contributed by atoms with van der Waals surface area (Å²) in [5.74, 6) is 0.960. The number of carbonyl (C=O) groups is 2. The van der Waals surface area contributed by atoms with Gasteiger partial charge in [0.2, 0.25) is 0 Å². The molecule has 1 saturated heterocycles. The second kappa shape index (κ2) is 9.11. The van der Waals surface area contributed by atoms with E-state index in [1.54, 1.807) is 11.3 Å². The number of ketones is 1. The summed E-state index contributed by atoms with van der Waals surface area (Å²) in [4.78, 5) is 41.2. The maximum atomic E-state index is 13.6. The molecule has 5 rings (SSSR count). The molecule has 6 nitrogen and oxygen atoms in total. The maximum absolute atomic E-state index is 13.6. The van der Waals surface area contributed by atoms with E-state index < -0.39 is 0 Å². The second-order valence-corrected chi connectivity index (χ2v) is 12.6. The topological polar surface area (TPSA) is 66.4 Å². The molecule has 2 aliphatic rings. The summed E-state index contributed by atoms with van der Waals surface area (Å²) in [6.45, 7) is 7.75. The summed E-state index contributed by atoms with van der Waals surface area (Å²) in [5, 5.41) is 1.04. The van der Waals surface area contributed by atoms with E-state index in [4.69, 9.17) is 9.97 Å². The van der Waals surface area contributed by atoms with Gasteiger partial charge in [-0.1, -0.05) is 51.1 Å². The van der Waals surface area contributed by atoms with Crippen LogP contribution in [0, 0.1) is 5.41 Å². The standard InChI is InChI=1S/C29H34N4O2S/c1-28(2,3)27-31-25-22(34)17-29(18-23(25)36-27)11-13-33(14-12-29)26(35)20-15-21(19-9-7-6-8-10-19)30-24(16-20)32(4)5/h6-10,15-16H,11-14,17-18H2,1-5H3. The molecule has 0 radical (unpaired) electrons. The Bertz CT molecular complexity index is 1300. The van der Waals surface area contributed by atoms with Crippen LogP contribution in [0.15, 0.2) is 42.5 Å². The molecule has 0 saturated carbocycles. The second-order valence-electron chi connectivity index (χ2n) is 11.5. The van der Waals surface area contributed by atoms with Crippen molar-refractivity contribution in [3.63, 3.8) is 0 Å². The van der Waals surface area contributed by atoms with Crippen LogP contribution in [-0.2, 0) is 11.8 Å². The minimum absolute atomic E-state index is 0.0307. The Labute approximate surface area is 217 Å². The third kappa shape index (κ3) is 4.69. The van der Waals surface area contributed by atoms with Crippen molar-refractivity contribution >= 4 is 28.8 Å². The Morgan fingerprint density at radius 1 is 1.03 bits per heavy atom. The van der Waals surface area contributed by atoms with Gasteiger partial charge in [0, 0.05) is 55.0 Å². The highest BCUT2D eigenvalue weighted by molar-refractivity contribution is 7.12. The highest BCUT2D eigenvalue weighted by Gasteiger charge is 2.44. The fraction of sp³-hybridized carbons (Fsp3) is 0.448. The molecule has 1 spiro atoms. The van der Waals surface area contributed by atoms with Crippen LogP contribution in [-0.4, -0.2) is 53.7 Å². The third-order valence-electron chi connectivity index (χ3n) is 7.37. The number of amides is 1. The summed E-state index contributed by atoms with van der Waals surface area (Å²) in [6, 6.07) is 13.7. The monoisotopic (exact) mass is 502 g/mol. The van der Waals surface area contributed by atoms with Gasteiger partial charge in [0.05, 0.1) is 10.7 Å². The molecule has 36 heavy (non-hydrogen) atoms. The average Bonchev–Trinajstić information content (AvgIpc) is 3.29. The van der Waals surface area contributed by atoms with Crippen LogP contribution in [0.4, 0.5) is 5.82 Å². The van der Waals surface area contributed by atoms with Gasteiger partial charge < -0.3 is 9.80 Å². The highest BCUT2D eigenvalue weighted by atomic mass is 32.1. The number of benzene rings is 1. The van der Waals surface area contributed by atoms with Crippen molar-refractivity contribution in [3.05, 3.63) is 63.6 Å². The molecule has 1 aliphatic carbocycles. The molecular weight excluding hydrogens is 468 g/mol. The van der Waals surface area contributed by atoms with Crippen molar-refractivity contribution in [3.8, 4) is 11.3 Å². The first-order valence-electron chi connectivity index (χ1n) is 12.6. The minimum atomic E-state index is -0.0647. The number of aromatic nitrogens is 2. The number of nitrogens with zero attached hydrogens (tertiary/aromatic N) is 4. The molecule has 2 aromatic heterocycles. The van der Waals surface area contributed by atoms with Crippen molar-refractivity contribution < 1.29 is 9.59 Å². The Hall–Kier alpha value is -3.06. The number of thiazole rings is 1. The van der Waals surface area contributed by atoms with Gasteiger partial charge in [-0.05, 0) is 36.8 Å². The molecule has 1 aromatic carbocycles. The first-order valence-corrected chi connectivity index (χ1v) is 13.4. The Balaban J connectivity index is 1.35. The first-order chi connectivity index (χ1) is 17.0. The predicted octanol–water partition coefficient (Wildman–Crippen LogP) is 5.62. The van der Waals surface area contributed by atoms with Crippen LogP contribution in [0.5, 0.6) is 0 Å². The third-order valence-corrected chi connectivity index (χ3v) is 8.85. The fourth-order valence-corrected chi connectivity index (χ4v) is 6.49. The Morgan fingerprint density at radius 3 is 2.36 bits per heavy atom. The van der Waals surface area contributed by atoms with Gasteiger partial charge in [-0.15, -0.1) is 11.3 Å². The van der Waals surface area contributed by atoms with E-state index in [1.807, 2.05) is 66.4 Å². The number of carbonyl (C=O) groups excluding carboxylic acids is 2. The number of anilines is 1. The number of pyridine rings is 1. The number of rotatable bonds is 3. The van der Waals surface area contributed by atoms with E-state index >= 15 is 0 Å². The van der Waals surface area contributed by atoms with E-state index in [0.29, 0.717) is 30.8 Å². The Kier molecular flexibility index (Phi) is 6.23. The molecule has 0 unspecified atom stereocenters. The zero-order chi connectivity index (χ0) is 25.7. The highest BCUT2D eigenvalue weighted by Crippen LogP contribution is 2.46. The first kappa shape index (κ1) is 24.6. The summed E-state index contributed by atoms with van der Waals surface area (Å²) < 4.78 is 0. The molecule has 3 aromatic rings. The van der Waals surface area contributed by atoms with E-state index in [-0.39, 0.29) is 22.5 Å². The van der Waals surface area contributed by atoms with Gasteiger partial charge in [-0.25, -0.2) is 9.97 Å². The maximum Gasteiger partial charge on any atom is 0.254 e. The smallest absolute Gasteiger partial charge is 0.254 e. The molecular formula is C29H34N4O2S. The number of hydrogen-bond donors (Lipinski definition) is 0. The van der Waals surface area contributed by atoms with Crippen LogP contribution in [0.1, 0.15) is 70.8 Å². The summed E-state index contributed by atoms with van der Waals surface area (Å²) >= 11 is 1.70. The molecule has 0 atom stereocenters. The lowest BCUT2D eigenvalue weighted by Crippen LogP contribution is -2.46. The molecule has 0 N–H and O–H groups in total. The van der Waals surface area contributed by atoms with Gasteiger partial charge in [-0.3, -0.25) is 9.59 Å². The lowest BCUT2D eigenvalue weighted by atomic mass is 9.68. The van der Waals surface area contributed by atoms with E-state index in [2.05, 4.69) is 20.8 Å². The minimum Gasteiger partial charge on any atom is -0.363 e. The largest absolute Gasteiger partial charge is 0.363 e. The van der Waals surface area contributed by atoms with Gasteiger partial charge in [0.1, 0.15) is 11.5 Å². The quantitative estimate of drug-likeness (QED) is 0.465. The van der Waals surface area contributed by atoms with Crippen molar-refractivity contribution in [1.29, 1.82) is 0 Å². The van der Waals surface area contributed by atoms with Gasteiger partial charge >= 0.3 is 0 Å². The number of Topliss-reactive ketones (excluding diaryl/α,β-unsaturated/α-hetero) is 1. The van der Waals surface area contributed by atoms with Crippen LogP contribution in [0.3, 0.4) is 0 Å². The molecule has 188 valence electrons. The van der Waals surface area contributed by atoms with Gasteiger partial charge in [-0.2, -0.15) is 0 Å². The van der Waals surface area contributed by atoms with Gasteiger partial charge in [0.25, 0.3) is 5.91 Å². The van der Waals surface area contributed by atoms with E-state index in [1.165, 1.54) is 0 Å². The molecule has 1 fully saturated rings. The fourth-order valence-electron chi connectivity index (χ4n) is 5.18. The number of likely N-dealkylation sites (tertiary alicyclic amines) is 1. The lowest BCUT2D eigenvalue weighted by molar-refractivity contribution is 0.0522. The number of hydrogen-bond acceptors (Lipinski definition) is 6. The predicted molar refractivity (Wildman–Crippen MR) is 145 cm³/mol. The van der Waals surface area contributed by atoms with E-state index in [9.17, 15) is 9.59 Å².